The van der Waals surface area contributed by atoms with Crippen LogP contribution in [0.15, 0.2) is 18.2 Å². The molecule has 0 amide bonds. The van der Waals surface area contributed by atoms with Crippen LogP contribution in [0.5, 0.6) is 0 Å². The number of halogens is 2. The molecule has 0 radical (unpaired) electrons. The van der Waals surface area contributed by atoms with Gasteiger partial charge in [0, 0.05) is 6.04 Å². The minimum atomic E-state index is -1.08. The fraction of sp³-hybridized carbons (Fsp3) is 0.500. The maximum absolute atomic E-state index is 13.6. The van der Waals surface area contributed by atoms with Crippen LogP contribution in [-0.2, 0) is 4.74 Å². The first-order chi connectivity index (χ1) is 9.15. The predicted octanol–water partition coefficient (Wildman–Crippen LogP) is 2.16. The summed E-state index contributed by atoms with van der Waals surface area (Å²) < 4.78 is 32.1. The molecule has 1 aliphatic heterocycles. The zero-order valence-corrected chi connectivity index (χ0v) is 10.8. The summed E-state index contributed by atoms with van der Waals surface area (Å²) >= 11 is 0. The predicted molar refractivity (Wildman–Crippen MR) is 67.1 cm³/mol. The summed E-state index contributed by atoms with van der Waals surface area (Å²) in [4.78, 5) is 12.3. The highest BCUT2D eigenvalue weighted by molar-refractivity contribution is 5.98. The number of carbonyl (C=O) groups excluding carboxylic acids is 1. The number of carbonyl (C=O) groups is 1. The van der Waals surface area contributed by atoms with Crippen molar-refractivity contribution >= 4 is 5.78 Å². The van der Waals surface area contributed by atoms with Crippen molar-refractivity contribution in [3.8, 4) is 0 Å². The van der Waals surface area contributed by atoms with E-state index in [-0.39, 0.29) is 18.2 Å². The van der Waals surface area contributed by atoms with E-state index < -0.39 is 23.3 Å². The number of ketones is 1. The quantitative estimate of drug-likeness (QED) is 0.832. The molecule has 3 nitrogen and oxygen atoms in total. The molecule has 1 aromatic rings. The van der Waals surface area contributed by atoms with Gasteiger partial charge < -0.3 is 10.1 Å². The largest absolute Gasteiger partial charge is 0.379 e. The fourth-order valence-electron chi connectivity index (χ4n) is 2.24. The summed E-state index contributed by atoms with van der Waals surface area (Å²) in [6, 6.07) is 3.53. The molecule has 5 heteroatoms. The maximum Gasteiger partial charge on any atom is 0.172 e. The number of hydrogen-bond donors (Lipinski definition) is 1. The third-order valence-corrected chi connectivity index (χ3v) is 3.29. The number of ether oxygens (including phenoxy) is 1. The third kappa shape index (κ3) is 2.98. The van der Waals surface area contributed by atoms with E-state index in [4.69, 9.17) is 4.74 Å². The highest BCUT2D eigenvalue weighted by Crippen LogP contribution is 2.22. The van der Waals surface area contributed by atoms with Crippen molar-refractivity contribution in [1.82, 2.24) is 5.32 Å². The molecule has 0 saturated carbocycles. The minimum absolute atomic E-state index is 0.130. The zero-order valence-electron chi connectivity index (χ0n) is 10.8. The molecule has 1 aromatic carbocycles. The van der Waals surface area contributed by atoms with Crippen molar-refractivity contribution in [1.29, 1.82) is 0 Å². The lowest BCUT2D eigenvalue weighted by Gasteiger charge is -2.18. The normalized spacial score (nSPS) is 22.7. The van der Waals surface area contributed by atoms with Crippen LogP contribution in [0.4, 0.5) is 8.78 Å². The number of hydrogen-bond acceptors (Lipinski definition) is 3. The lowest BCUT2D eigenvalue weighted by molar-refractivity contribution is 0.0886. The average Bonchev–Trinajstić information content (AvgIpc) is 2.87. The van der Waals surface area contributed by atoms with Gasteiger partial charge in [-0.1, -0.05) is 13.0 Å². The van der Waals surface area contributed by atoms with Crippen molar-refractivity contribution in [2.75, 3.05) is 19.8 Å². The molecule has 1 heterocycles. The highest BCUT2D eigenvalue weighted by atomic mass is 19.2. The van der Waals surface area contributed by atoms with E-state index in [0.717, 1.165) is 19.0 Å². The van der Waals surface area contributed by atoms with Crippen LogP contribution < -0.4 is 5.32 Å². The van der Waals surface area contributed by atoms with Crippen LogP contribution in [0.2, 0.25) is 0 Å². The van der Waals surface area contributed by atoms with Crippen molar-refractivity contribution in [3.05, 3.63) is 35.4 Å². The SMILES string of the molecule is CCCNC1COCC1C(=O)c1cccc(F)c1F. The van der Waals surface area contributed by atoms with E-state index in [2.05, 4.69) is 5.32 Å². The Labute approximate surface area is 111 Å². The first-order valence-corrected chi connectivity index (χ1v) is 6.44. The summed E-state index contributed by atoms with van der Waals surface area (Å²) in [6.07, 6.45) is 0.936. The summed E-state index contributed by atoms with van der Waals surface area (Å²) in [5.41, 5.74) is -0.196. The molecule has 1 aliphatic rings. The first-order valence-electron chi connectivity index (χ1n) is 6.44. The Morgan fingerprint density at radius 2 is 2.21 bits per heavy atom. The van der Waals surface area contributed by atoms with Gasteiger partial charge in [-0.15, -0.1) is 0 Å². The van der Waals surface area contributed by atoms with Crippen molar-refractivity contribution in [3.63, 3.8) is 0 Å². The van der Waals surface area contributed by atoms with Crippen LogP contribution in [-0.4, -0.2) is 31.6 Å². The summed E-state index contributed by atoms with van der Waals surface area (Å²) in [6.45, 7) is 3.46. The standard InChI is InChI=1S/C14H17F2NO2/c1-2-6-17-12-8-19-7-10(12)14(18)9-4-3-5-11(15)13(9)16/h3-5,10,12,17H,2,6-8H2,1H3. The van der Waals surface area contributed by atoms with Gasteiger partial charge >= 0.3 is 0 Å². The molecule has 1 N–H and O–H groups in total. The van der Waals surface area contributed by atoms with E-state index in [0.29, 0.717) is 6.61 Å². The first kappa shape index (κ1) is 14.1. The number of nitrogens with one attached hydrogen (secondary N) is 1. The van der Waals surface area contributed by atoms with Crippen LogP contribution in [0.25, 0.3) is 0 Å². The van der Waals surface area contributed by atoms with Crippen LogP contribution >= 0.6 is 0 Å². The molecular weight excluding hydrogens is 252 g/mol. The van der Waals surface area contributed by atoms with E-state index in [9.17, 15) is 13.6 Å². The lowest BCUT2D eigenvalue weighted by atomic mass is 9.93. The molecular formula is C14H17F2NO2. The molecule has 1 saturated heterocycles. The average molecular weight is 269 g/mol. The van der Waals surface area contributed by atoms with E-state index in [1.807, 2.05) is 6.92 Å². The monoisotopic (exact) mass is 269 g/mol. The van der Waals surface area contributed by atoms with Gasteiger partial charge in [-0.05, 0) is 25.1 Å². The van der Waals surface area contributed by atoms with Gasteiger partial charge in [0.15, 0.2) is 17.4 Å². The molecule has 19 heavy (non-hydrogen) atoms. The molecule has 0 aromatic heterocycles. The Morgan fingerprint density at radius 1 is 1.42 bits per heavy atom. The molecule has 0 aliphatic carbocycles. The van der Waals surface area contributed by atoms with Gasteiger partial charge in [0.25, 0.3) is 0 Å². The Hall–Kier alpha value is -1.33. The van der Waals surface area contributed by atoms with E-state index in [1.54, 1.807) is 0 Å². The molecule has 0 spiro atoms. The van der Waals surface area contributed by atoms with Crippen LogP contribution in [0.1, 0.15) is 23.7 Å². The Kier molecular flexibility index (Phi) is 4.61. The van der Waals surface area contributed by atoms with Gasteiger partial charge in [-0.2, -0.15) is 0 Å². The van der Waals surface area contributed by atoms with Gasteiger partial charge in [-0.25, -0.2) is 8.78 Å². The van der Waals surface area contributed by atoms with Crippen molar-refractivity contribution in [2.45, 2.75) is 19.4 Å². The molecule has 2 atom stereocenters. The number of Topliss-reactive ketones (excluding diaryl/α,β-unsaturated/α-hetero) is 1. The summed E-state index contributed by atoms with van der Waals surface area (Å²) in [5, 5.41) is 3.20. The second-order valence-electron chi connectivity index (χ2n) is 4.67. The fourth-order valence-corrected chi connectivity index (χ4v) is 2.24. The zero-order chi connectivity index (χ0) is 13.8. The molecule has 1 fully saturated rings. The Morgan fingerprint density at radius 3 is 2.95 bits per heavy atom. The Bertz CT molecular complexity index is 465. The van der Waals surface area contributed by atoms with Gasteiger partial charge in [0.2, 0.25) is 0 Å². The van der Waals surface area contributed by atoms with E-state index >= 15 is 0 Å². The van der Waals surface area contributed by atoms with Crippen LogP contribution in [0, 0.1) is 17.6 Å². The smallest absolute Gasteiger partial charge is 0.172 e. The molecule has 2 rings (SSSR count). The highest BCUT2D eigenvalue weighted by Gasteiger charge is 2.35. The molecule has 104 valence electrons. The van der Waals surface area contributed by atoms with Crippen LogP contribution in [0.3, 0.4) is 0 Å². The van der Waals surface area contributed by atoms with Crippen molar-refractivity contribution in [2.24, 2.45) is 5.92 Å². The second kappa shape index (κ2) is 6.21. The topological polar surface area (TPSA) is 38.3 Å². The second-order valence-corrected chi connectivity index (χ2v) is 4.67. The number of rotatable bonds is 5. The lowest BCUT2D eigenvalue weighted by Crippen LogP contribution is -2.39. The third-order valence-electron chi connectivity index (χ3n) is 3.29. The maximum atomic E-state index is 13.6. The van der Waals surface area contributed by atoms with Gasteiger partial charge in [0.05, 0.1) is 24.7 Å². The van der Waals surface area contributed by atoms with Gasteiger partial charge in [0.1, 0.15) is 0 Å². The number of benzene rings is 1. The Balaban J connectivity index is 2.16. The van der Waals surface area contributed by atoms with Crippen molar-refractivity contribution < 1.29 is 18.3 Å². The summed E-state index contributed by atoms with van der Waals surface area (Å²) in [5.74, 6) is -2.93. The minimum Gasteiger partial charge on any atom is -0.379 e. The summed E-state index contributed by atoms with van der Waals surface area (Å²) in [7, 11) is 0. The van der Waals surface area contributed by atoms with Gasteiger partial charge in [-0.3, -0.25) is 4.79 Å². The van der Waals surface area contributed by atoms with E-state index in [1.165, 1.54) is 12.1 Å². The molecule has 0 bridgehead atoms. The molecule has 2 unspecified atom stereocenters.